The normalized spacial score (nSPS) is 15.6. The number of ether oxygens (including phenoxy) is 3. The van der Waals surface area contributed by atoms with Crippen molar-refractivity contribution in [2.45, 2.75) is 32.0 Å². The van der Waals surface area contributed by atoms with Crippen LogP contribution in [-0.2, 0) is 22.6 Å². The number of carbonyl (C=O) groups is 1. The van der Waals surface area contributed by atoms with Gasteiger partial charge in [-0.1, -0.05) is 12.1 Å². The molecule has 0 radical (unpaired) electrons. The van der Waals surface area contributed by atoms with Crippen molar-refractivity contribution >= 4 is 22.5 Å². The predicted molar refractivity (Wildman–Crippen MR) is 120 cm³/mol. The molecule has 2 heterocycles. The number of para-hydroxylation sites is 1. The van der Waals surface area contributed by atoms with Gasteiger partial charge in [0.05, 0.1) is 37.8 Å². The first-order valence-electron chi connectivity index (χ1n) is 10.4. The molecule has 0 unspecified atom stereocenters. The lowest BCUT2D eigenvalue weighted by Gasteiger charge is -2.16. The molecule has 168 valence electrons. The molecule has 1 aliphatic rings. The van der Waals surface area contributed by atoms with E-state index in [-0.39, 0.29) is 24.8 Å². The Morgan fingerprint density at radius 1 is 1.09 bits per heavy atom. The zero-order valence-corrected chi connectivity index (χ0v) is 18.0. The standard InChI is InChI=1S/C23H25N3O6/c1-30-17-10-15(11-18(12-17)31-2)24-21(27)14-25-20-8-4-3-7-19(20)22(28)26(23(25)29)13-16-6-5-9-32-16/h3-4,7-8,10-12,16H,5-6,9,13-14H2,1-2H3,(H,24,27)/t16-/m1/s1. The summed E-state index contributed by atoms with van der Waals surface area (Å²) < 4.78 is 18.6. The summed E-state index contributed by atoms with van der Waals surface area (Å²) in [6, 6.07) is 11.8. The largest absolute Gasteiger partial charge is 0.497 e. The van der Waals surface area contributed by atoms with E-state index >= 15 is 0 Å². The van der Waals surface area contributed by atoms with E-state index in [2.05, 4.69) is 5.32 Å². The minimum Gasteiger partial charge on any atom is -0.497 e. The highest BCUT2D eigenvalue weighted by Gasteiger charge is 2.21. The third-order valence-electron chi connectivity index (χ3n) is 5.48. The number of anilines is 1. The lowest BCUT2D eigenvalue weighted by molar-refractivity contribution is -0.116. The van der Waals surface area contributed by atoms with Crippen molar-refractivity contribution in [3.05, 3.63) is 63.3 Å². The average Bonchev–Trinajstić information content (AvgIpc) is 3.32. The minimum atomic E-state index is -0.539. The smallest absolute Gasteiger partial charge is 0.332 e. The van der Waals surface area contributed by atoms with Gasteiger partial charge in [0.25, 0.3) is 5.56 Å². The first kappa shape index (κ1) is 21.6. The van der Waals surface area contributed by atoms with Gasteiger partial charge in [0.15, 0.2) is 0 Å². The van der Waals surface area contributed by atoms with Crippen LogP contribution in [0, 0.1) is 0 Å². The Balaban J connectivity index is 1.68. The molecule has 1 fully saturated rings. The van der Waals surface area contributed by atoms with Crippen molar-refractivity contribution in [2.75, 3.05) is 26.1 Å². The van der Waals surface area contributed by atoms with Crippen LogP contribution in [-0.4, -0.2) is 42.0 Å². The number of hydrogen-bond donors (Lipinski definition) is 1. The number of fused-ring (bicyclic) bond motifs is 1. The predicted octanol–water partition coefficient (Wildman–Crippen LogP) is 2.00. The molecule has 32 heavy (non-hydrogen) atoms. The molecular formula is C23H25N3O6. The fourth-order valence-corrected chi connectivity index (χ4v) is 3.90. The van der Waals surface area contributed by atoms with Crippen LogP contribution in [0.5, 0.6) is 11.5 Å². The molecule has 3 aromatic rings. The van der Waals surface area contributed by atoms with Gasteiger partial charge in [-0.15, -0.1) is 0 Å². The summed E-state index contributed by atoms with van der Waals surface area (Å²) in [5.74, 6) is 0.620. The van der Waals surface area contributed by atoms with Gasteiger partial charge >= 0.3 is 5.69 Å². The number of methoxy groups -OCH3 is 2. The maximum absolute atomic E-state index is 13.2. The van der Waals surface area contributed by atoms with Gasteiger partial charge in [-0.05, 0) is 25.0 Å². The van der Waals surface area contributed by atoms with Crippen LogP contribution in [0.15, 0.2) is 52.1 Å². The minimum absolute atomic E-state index is 0.164. The Morgan fingerprint density at radius 2 is 1.81 bits per heavy atom. The Bertz CT molecular complexity index is 1230. The van der Waals surface area contributed by atoms with Crippen LogP contribution in [0.4, 0.5) is 5.69 Å². The molecular weight excluding hydrogens is 414 g/mol. The number of benzene rings is 2. The van der Waals surface area contributed by atoms with Crippen molar-refractivity contribution in [2.24, 2.45) is 0 Å². The highest BCUT2D eigenvalue weighted by atomic mass is 16.5. The number of nitrogens with one attached hydrogen (secondary N) is 1. The van der Waals surface area contributed by atoms with Gasteiger partial charge < -0.3 is 19.5 Å². The Kier molecular flexibility index (Phi) is 6.27. The number of nitrogens with zero attached hydrogens (tertiary/aromatic N) is 2. The Labute approximate surface area is 184 Å². The van der Waals surface area contributed by atoms with Gasteiger partial charge in [0.1, 0.15) is 18.0 Å². The molecule has 0 bridgehead atoms. The topological polar surface area (TPSA) is 101 Å². The van der Waals surface area contributed by atoms with Crippen LogP contribution in [0.3, 0.4) is 0 Å². The summed E-state index contributed by atoms with van der Waals surface area (Å²) in [6.07, 6.45) is 1.50. The van der Waals surface area contributed by atoms with Gasteiger partial charge in [-0.2, -0.15) is 0 Å². The van der Waals surface area contributed by atoms with E-state index in [4.69, 9.17) is 14.2 Å². The van der Waals surface area contributed by atoms with Crippen molar-refractivity contribution in [1.29, 1.82) is 0 Å². The van der Waals surface area contributed by atoms with E-state index in [0.717, 1.165) is 12.8 Å². The quantitative estimate of drug-likeness (QED) is 0.604. The summed E-state index contributed by atoms with van der Waals surface area (Å²) in [6.45, 7) is 0.523. The second-order valence-corrected chi connectivity index (χ2v) is 7.59. The molecule has 1 atom stereocenters. The maximum atomic E-state index is 13.2. The summed E-state index contributed by atoms with van der Waals surface area (Å²) >= 11 is 0. The molecule has 0 saturated carbocycles. The molecule has 1 aromatic heterocycles. The van der Waals surface area contributed by atoms with Crippen LogP contribution in [0.2, 0.25) is 0 Å². The van der Waals surface area contributed by atoms with Crippen molar-refractivity contribution in [3.8, 4) is 11.5 Å². The SMILES string of the molecule is COc1cc(NC(=O)Cn2c(=O)n(C[C@H]3CCCO3)c(=O)c3ccccc32)cc(OC)c1. The fourth-order valence-electron chi connectivity index (χ4n) is 3.90. The lowest BCUT2D eigenvalue weighted by Crippen LogP contribution is -2.43. The summed E-state index contributed by atoms with van der Waals surface area (Å²) in [4.78, 5) is 39.1. The van der Waals surface area contributed by atoms with Gasteiger partial charge in [-0.25, -0.2) is 4.79 Å². The average molecular weight is 439 g/mol. The van der Waals surface area contributed by atoms with E-state index < -0.39 is 11.6 Å². The molecule has 1 aliphatic heterocycles. The van der Waals surface area contributed by atoms with Crippen LogP contribution >= 0.6 is 0 Å². The van der Waals surface area contributed by atoms with Gasteiger partial charge in [0.2, 0.25) is 5.91 Å². The molecule has 1 N–H and O–H groups in total. The van der Waals surface area contributed by atoms with E-state index in [0.29, 0.717) is 34.7 Å². The molecule has 1 amide bonds. The first-order chi connectivity index (χ1) is 15.5. The van der Waals surface area contributed by atoms with Gasteiger partial charge in [-0.3, -0.25) is 18.7 Å². The molecule has 0 aliphatic carbocycles. The number of carbonyl (C=O) groups excluding carboxylic acids is 1. The lowest BCUT2D eigenvalue weighted by atomic mass is 10.2. The third kappa shape index (κ3) is 4.38. The number of hydrogen-bond acceptors (Lipinski definition) is 6. The van der Waals surface area contributed by atoms with Crippen molar-refractivity contribution in [1.82, 2.24) is 9.13 Å². The van der Waals surface area contributed by atoms with Gasteiger partial charge in [0, 0.05) is 30.5 Å². The Hall–Kier alpha value is -3.59. The second kappa shape index (κ2) is 9.27. The summed E-state index contributed by atoms with van der Waals surface area (Å²) in [5, 5.41) is 3.14. The summed E-state index contributed by atoms with van der Waals surface area (Å²) in [7, 11) is 3.03. The van der Waals surface area contributed by atoms with Crippen molar-refractivity contribution in [3.63, 3.8) is 0 Å². The number of amides is 1. The number of aromatic nitrogens is 2. The molecule has 9 nitrogen and oxygen atoms in total. The summed E-state index contributed by atoms with van der Waals surface area (Å²) in [5.41, 5.74) is -0.0430. The molecule has 4 rings (SSSR count). The zero-order valence-electron chi connectivity index (χ0n) is 18.0. The van der Waals surface area contributed by atoms with Crippen molar-refractivity contribution < 1.29 is 19.0 Å². The van der Waals surface area contributed by atoms with E-state index in [1.54, 1.807) is 42.5 Å². The third-order valence-corrected chi connectivity index (χ3v) is 5.48. The monoisotopic (exact) mass is 439 g/mol. The second-order valence-electron chi connectivity index (χ2n) is 7.59. The van der Waals surface area contributed by atoms with E-state index in [1.807, 2.05) is 0 Å². The van der Waals surface area contributed by atoms with Crippen LogP contribution in [0.25, 0.3) is 10.9 Å². The first-order valence-corrected chi connectivity index (χ1v) is 10.4. The Morgan fingerprint density at radius 3 is 2.47 bits per heavy atom. The molecule has 9 heteroatoms. The number of rotatable bonds is 7. The molecule has 2 aromatic carbocycles. The fraction of sp³-hybridized carbons (Fsp3) is 0.348. The highest BCUT2D eigenvalue weighted by molar-refractivity contribution is 5.92. The maximum Gasteiger partial charge on any atom is 0.332 e. The zero-order chi connectivity index (χ0) is 22.7. The van der Waals surface area contributed by atoms with Crippen LogP contribution < -0.4 is 26.0 Å². The van der Waals surface area contributed by atoms with E-state index in [9.17, 15) is 14.4 Å². The highest BCUT2D eigenvalue weighted by Crippen LogP contribution is 2.25. The van der Waals surface area contributed by atoms with Crippen LogP contribution in [0.1, 0.15) is 12.8 Å². The van der Waals surface area contributed by atoms with E-state index in [1.165, 1.54) is 23.4 Å². The molecule has 1 saturated heterocycles. The molecule has 0 spiro atoms.